The van der Waals surface area contributed by atoms with Gasteiger partial charge in [0.2, 0.25) is 11.7 Å². The van der Waals surface area contributed by atoms with Crippen molar-refractivity contribution in [1.29, 1.82) is 0 Å². The van der Waals surface area contributed by atoms with Crippen LogP contribution in [0.2, 0.25) is 0 Å². The summed E-state index contributed by atoms with van der Waals surface area (Å²) in [5.41, 5.74) is 2.40. The van der Waals surface area contributed by atoms with Crippen molar-refractivity contribution in [2.75, 3.05) is 51.3 Å². The number of carbonyl (C=O) groups excluding carboxylic acids is 2. The Labute approximate surface area is 203 Å². The number of hydrogen-bond donors (Lipinski definition) is 0. The quantitative estimate of drug-likeness (QED) is 0.512. The number of benzene rings is 2. The van der Waals surface area contributed by atoms with Gasteiger partial charge in [0, 0.05) is 43.9 Å². The molecule has 0 radical (unpaired) electrons. The van der Waals surface area contributed by atoms with Crippen molar-refractivity contribution < 1.29 is 23.6 Å². The second-order valence-electron chi connectivity index (χ2n) is 8.39. The highest BCUT2D eigenvalue weighted by Gasteiger charge is 2.31. The van der Waals surface area contributed by atoms with E-state index in [2.05, 4.69) is 10.1 Å². The first kappa shape index (κ1) is 22.7. The summed E-state index contributed by atoms with van der Waals surface area (Å²) >= 11 is 0. The minimum Gasteiger partial charge on any atom is -0.493 e. The van der Waals surface area contributed by atoms with Crippen LogP contribution in [0.15, 0.2) is 47.0 Å². The molecular weight excluding hydrogens is 450 g/mol. The molecule has 182 valence electrons. The summed E-state index contributed by atoms with van der Waals surface area (Å²) in [6, 6.07) is 13.4. The molecule has 2 amide bonds. The Balaban J connectivity index is 1.18. The van der Waals surface area contributed by atoms with Crippen LogP contribution >= 0.6 is 0 Å². The first-order valence-corrected chi connectivity index (χ1v) is 11.6. The highest BCUT2D eigenvalue weighted by Crippen LogP contribution is 2.32. The minimum atomic E-state index is -0.0862. The first-order valence-electron chi connectivity index (χ1n) is 11.6. The predicted octanol–water partition coefficient (Wildman–Crippen LogP) is 2.45. The third kappa shape index (κ3) is 4.51. The number of rotatable bonds is 7. The third-order valence-corrected chi connectivity index (χ3v) is 6.26. The number of ether oxygens (including phenoxy) is 2. The zero-order chi connectivity index (χ0) is 24.4. The van der Waals surface area contributed by atoms with Gasteiger partial charge in [0.1, 0.15) is 6.54 Å². The second kappa shape index (κ2) is 9.65. The van der Waals surface area contributed by atoms with Gasteiger partial charge in [0.15, 0.2) is 11.5 Å². The Morgan fingerprint density at radius 1 is 1.09 bits per heavy atom. The summed E-state index contributed by atoms with van der Waals surface area (Å²) in [5, 5.41) is 4.11. The van der Waals surface area contributed by atoms with Crippen molar-refractivity contribution in [2.24, 2.45) is 0 Å². The van der Waals surface area contributed by atoms with Crippen LogP contribution in [0.25, 0.3) is 11.4 Å². The summed E-state index contributed by atoms with van der Waals surface area (Å²) in [7, 11) is 1.59. The van der Waals surface area contributed by atoms with E-state index in [0.29, 0.717) is 68.2 Å². The minimum absolute atomic E-state index is 0.0569. The van der Waals surface area contributed by atoms with E-state index in [0.717, 1.165) is 11.1 Å². The van der Waals surface area contributed by atoms with Crippen molar-refractivity contribution in [3.63, 3.8) is 0 Å². The molecular formula is C25H27N5O5. The van der Waals surface area contributed by atoms with Crippen LogP contribution in [0, 0.1) is 0 Å². The molecule has 3 heterocycles. The molecule has 1 fully saturated rings. The van der Waals surface area contributed by atoms with Crippen molar-refractivity contribution in [1.82, 2.24) is 19.9 Å². The SMILES string of the molecule is CCOc1ccc(-c2noc(N3CCN(C(=O)CN4Cc5ccccc5C4=O)CC3)n2)cc1OC. The summed E-state index contributed by atoms with van der Waals surface area (Å²) in [6.07, 6.45) is 0. The molecule has 0 atom stereocenters. The number of hydrogen-bond acceptors (Lipinski definition) is 8. The smallest absolute Gasteiger partial charge is 0.324 e. The van der Waals surface area contributed by atoms with Gasteiger partial charge in [-0.1, -0.05) is 23.4 Å². The van der Waals surface area contributed by atoms with Crippen LogP contribution in [-0.2, 0) is 11.3 Å². The molecule has 0 bridgehead atoms. The number of amides is 2. The second-order valence-corrected chi connectivity index (χ2v) is 8.39. The van der Waals surface area contributed by atoms with E-state index in [1.807, 2.05) is 54.3 Å². The van der Waals surface area contributed by atoms with E-state index >= 15 is 0 Å². The monoisotopic (exact) mass is 477 g/mol. The number of fused-ring (bicyclic) bond motifs is 1. The Morgan fingerprint density at radius 2 is 1.89 bits per heavy atom. The standard InChI is InChI=1S/C25H27N5O5/c1-3-34-20-9-8-17(14-21(20)33-2)23-26-25(35-27-23)29-12-10-28(11-13-29)22(31)16-30-15-18-6-4-5-7-19(18)24(30)32/h4-9,14H,3,10-13,15-16H2,1-2H3. The Kier molecular flexibility index (Phi) is 6.26. The van der Waals surface area contributed by atoms with Gasteiger partial charge >= 0.3 is 6.01 Å². The lowest BCUT2D eigenvalue weighted by atomic mass is 10.1. The van der Waals surface area contributed by atoms with Crippen LogP contribution in [0.5, 0.6) is 11.5 Å². The van der Waals surface area contributed by atoms with E-state index in [1.54, 1.807) is 16.9 Å². The number of carbonyl (C=O) groups is 2. The van der Waals surface area contributed by atoms with Crippen molar-refractivity contribution in [3.05, 3.63) is 53.6 Å². The van der Waals surface area contributed by atoms with Crippen LogP contribution in [-0.4, -0.2) is 78.2 Å². The highest BCUT2D eigenvalue weighted by molar-refractivity contribution is 6.00. The molecule has 2 aliphatic rings. The van der Waals surface area contributed by atoms with Crippen LogP contribution in [0.3, 0.4) is 0 Å². The van der Waals surface area contributed by atoms with E-state index in [4.69, 9.17) is 14.0 Å². The third-order valence-electron chi connectivity index (χ3n) is 6.26. The number of methoxy groups -OCH3 is 1. The van der Waals surface area contributed by atoms with Crippen molar-refractivity contribution in [3.8, 4) is 22.9 Å². The number of aromatic nitrogens is 2. The fraction of sp³-hybridized carbons (Fsp3) is 0.360. The maximum Gasteiger partial charge on any atom is 0.324 e. The molecule has 3 aromatic rings. The topological polar surface area (TPSA) is 101 Å². The van der Waals surface area contributed by atoms with Gasteiger partial charge in [-0.25, -0.2) is 0 Å². The van der Waals surface area contributed by atoms with Gasteiger partial charge < -0.3 is 28.7 Å². The van der Waals surface area contributed by atoms with Gasteiger partial charge in [0.25, 0.3) is 5.91 Å². The average molecular weight is 478 g/mol. The molecule has 5 rings (SSSR count). The summed E-state index contributed by atoms with van der Waals surface area (Å²) in [4.78, 5) is 35.3. The summed E-state index contributed by atoms with van der Waals surface area (Å²) in [5.74, 6) is 1.56. The molecule has 0 saturated carbocycles. The molecule has 1 saturated heterocycles. The summed E-state index contributed by atoms with van der Waals surface area (Å²) in [6.45, 7) is 5.17. The van der Waals surface area contributed by atoms with E-state index in [9.17, 15) is 9.59 Å². The molecule has 0 N–H and O–H groups in total. The average Bonchev–Trinajstić information content (AvgIpc) is 3.50. The summed E-state index contributed by atoms with van der Waals surface area (Å²) < 4.78 is 16.5. The molecule has 2 aromatic carbocycles. The Morgan fingerprint density at radius 3 is 2.63 bits per heavy atom. The normalized spacial score (nSPS) is 15.4. The maximum atomic E-state index is 12.9. The fourth-order valence-corrected chi connectivity index (χ4v) is 4.40. The molecule has 10 nitrogen and oxygen atoms in total. The van der Waals surface area contributed by atoms with Gasteiger partial charge in [-0.15, -0.1) is 0 Å². The predicted molar refractivity (Wildman–Crippen MR) is 127 cm³/mol. The van der Waals surface area contributed by atoms with Crippen molar-refractivity contribution in [2.45, 2.75) is 13.5 Å². The number of piperazine rings is 1. The zero-order valence-corrected chi connectivity index (χ0v) is 19.8. The lowest BCUT2D eigenvalue weighted by molar-refractivity contribution is -0.132. The Bertz CT molecular complexity index is 1230. The van der Waals surface area contributed by atoms with E-state index in [1.165, 1.54) is 0 Å². The number of nitrogens with zero attached hydrogens (tertiary/aromatic N) is 5. The van der Waals surface area contributed by atoms with Crippen molar-refractivity contribution >= 4 is 17.8 Å². The van der Waals surface area contributed by atoms with Crippen LogP contribution < -0.4 is 14.4 Å². The molecule has 2 aliphatic heterocycles. The van der Waals surface area contributed by atoms with Gasteiger partial charge in [0.05, 0.1) is 13.7 Å². The fourth-order valence-electron chi connectivity index (χ4n) is 4.40. The lowest BCUT2D eigenvalue weighted by Gasteiger charge is -2.34. The van der Waals surface area contributed by atoms with E-state index in [-0.39, 0.29) is 18.4 Å². The van der Waals surface area contributed by atoms with Gasteiger partial charge in [-0.05, 0) is 36.8 Å². The number of anilines is 1. The molecule has 0 unspecified atom stereocenters. The van der Waals surface area contributed by atoms with E-state index < -0.39 is 0 Å². The molecule has 0 spiro atoms. The first-order chi connectivity index (χ1) is 17.1. The van der Waals surface area contributed by atoms with Gasteiger partial charge in [-0.2, -0.15) is 4.98 Å². The highest BCUT2D eigenvalue weighted by atomic mass is 16.5. The molecule has 1 aromatic heterocycles. The molecule has 35 heavy (non-hydrogen) atoms. The zero-order valence-electron chi connectivity index (χ0n) is 19.8. The molecule has 10 heteroatoms. The molecule has 0 aliphatic carbocycles. The largest absolute Gasteiger partial charge is 0.493 e. The lowest BCUT2D eigenvalue weighted by Crippen LogP contribution is -2.51. The Hall–Kier alpha value is -4.08. The van der Waals surface area contributed by atoms with Crippen LogP contribution in [0.4, 0.5) is 6.01 Å². The van der Waals surface area contributed by atoms with Crippen LogP contribution in [0.1, 0.15) is 22.8 Å². The maximum absolute atomic E-state index is 12.9. The van der Waals surface area contributed by atoms with Gasteiger partial charge in [-0.3, -0.25) is 9.59 Å².